The molecule has 1 heterocycles. The first kappa shape index (κ1) is 15.2. The van der Waals surface area contributed by atoms with Gasteiger partial charge in [0.1, 0.15) is 6.04 Å². The lowest BCUT2D eigenvalue weighted by atomic mass is 10.0. The molecule has 0 aromatic carbocycles. The summed E-state index contributed by atoms with van der Waals surface area (Å²) in [6, 6.07) is 0.914. The predicted molar refractivity (Wildman–Crippen MR) is 75.1 cm³/mol. The number of carbonyl (C=O) groups excluding carboxylic acids is 1. The number of rotatable bonds is 5. The molecule has 100 valence electrons. The van der Waals surface area contributed by atoms with Crippen LogP contribution in [0, 0.1) is 12.8 Å². The number of thiophene rings is 1. The van der Waals surface area contributed by atoms with Gasteiger partial charge >= 0.3 is 5.97 Å². The number of carboxylic acids is 1. The zero-order chi connectivity index (χ0) is 13.9. The molecule has 0 spiro atoms. The third-order valence-corrected chi connectivity index (χ3v) is 4.53. The highest BCUT2D eigenvalue weighted by Gasteiger charge is 2.22. The molecule has 18 heavy (non-hydrogen) atoms. The first-order valence-electron chi connectivity index (χ1n) is 5.60. The van der Waals surface area contributed by atoms with Crippen molar-refractivity contribution >= 4 is 39.1 Å². The van der Waals surface area contributed by atoms with Crippen molar-refractivity contribution < 1.29 is 14.7 Å². The first-order chi connectivity index (χ1) is 8.31. The van der Waals surface area contributed by atoms with Gasteiger partial charge in [-0.2, -0.15) is 0 Å². The Morgan fingerprint density at radius 3 is 2.50 bits per heavy atom. The van der Waals surface area contributed by atoms with E-state index < -0.39 is 12.0 Å². The third-order valence-electron chi connectivity index (χ3n) is 2.39. The molecule has 1 aromatic rings. The quantitative estimate of drug-likeness (QED) is 0.870. The molecule has 0 fully saturated rings. The maximum Gasteiger partial charge on any atom is 0.326 e. The number of halogens is 1. The second-order valence-electron chi connectivity index (χ2n) is 4.56. The summed E-state index contributed by atoms with van der Waals surface area (Å²) in [5.41, 5.74) is 0.973. The van der Waals surface area contributed by atoms with E-state index in [1.165, 1.54) is 11.3 Å². The summed E-state index contributed by atoms with van der Waals surface area (Å²) in [6.07, 6.45) is 0.423. The molecule has 0 saturated heterocycles. The molecule has 0 unspecified atom stereocenters. The van der Waals surface area contributed by atoms with Crippen molar-refractivity contribution in [1.82, 2.24) is 5.32 Å². The minimum absolute atomic E-state index is 0.211. The van der Waals surface area contributed by atoms with Crippen LogP contribution in [0.15, 0.2) is 9.85 Å². The number of hydrogen-bond donors (Lipinski definition) is 2. The van der Waals surface area contributed by atoms with E-state index in [4.69, 9.17) is 5.11 Å². The molecule has 6 heteroatoms. The van der Waals surface area contributed by atoms with Crippen LogP contribution < -0.4 is 5.32 Å². The number of amides is 1. The van der Waals surface area contributed by atoms with E-state index in [1.807, 2.05) is 20.8 Å². The van der Waals surface area contributed by atoms with Gasteiger partial charge < -0.3 is 10.4 Å². The lowest BCUT2D eigenvalue weighted by Gasteiger charge is -2.15. The molecule has 0 aliphatic carbocycles. The number of carboxylic acid groups (broad SMARTS) is 1. The molecule has 0 bridgehead atoms. The van der Waals surface area contributed by atoms with Crippen molar-refractivity contribution in [1.29, 1.82) is 0 Å². The molecule has 2 N–H and O–H groups in total. The van der Waals surface area contributed by atoms with E-state index in [1.54, 1.807) is 6.07 Å². The number of hydrogen-bond acceptors (Lipinski definition) is 3. The van der Waals surface area contributed by atoms with E-state index in [0.717, 1.165) is 9.35 Å². The van der Waals surface area contributed by atoms with E-state index >= 15 is 0 Å². The maximum atomic E-state index is 11.9. The molecular formula is C12H16BrNO3S. The Kier molecular flexibility index (Phi) is 5.34. The summed E-state index contributed by atoms with van der Waals surface area (Å²) in [5.74, 6) is -1.12. The van der Waals surface area contributed by atoms with Crippen molar-refractivity contribution in [3.05, 3.63) is 20.3 Å². The average molecular weight is 334 g/mol. The van der Waals surface area contributed by atoms with E-state index in [-0.39, 0.29) is 11.8 Å². The van der Waals surface area contributed by atoms with Gasteiger partial charge in [-0.1, -0.05) is 13.8 Å². The van der Waals surface area contributed by atoms with Gasteiger partial charge in [-0.15, -0.1) is 11.3 Å². The average Bonchev–Trinajstić information content (AvgIpc) is 2.57. The summed E-state index contributed by atoms with van der Waals surface area (Å²) < 4.78 is 0.892. The van der Waals surface area contributed by atoms with E-state index in [0.29, 0.717) is 11.3 Å². The maximum absolute atomic E-state index is 11.9. The first-order valence-corrected chi connectivity index (χ1v) is 7.21. The fourth-order valence-electron chi connectivity index (χ4n) is 1.49. The van der Waals surface area contributed by atoms with Gasteiger partial charge in [0.2, 0.25) is 0 Å². The van der Waals surface area contributed by atoms with Crippen LogP contribution in [0.3, 0.4) is 0 Å². The van der Waals surface area contributed by atoms with Gasteiger partial charge in [0.15, 0.2) is 0 Å². The Morgan fingerprint density at radius 1 is 1.50 bits per heavy atom. The fourth-order valence-corrected chi connectivity index (χ4v) is 2.93. The second-order valence-corrected chi connectivity index (χ2v) is 6.93. The second kappa shape index (κ2) is 6.33. The Labute approximate surface area is 119 Å². The molecule has 4 nitrogen and oxygen atoms in total. The molecule has 1 atom stereocenters. The van der Waals surface area contributed by atoms with Gasteiger partial charge in [0.25, 0.3) is 5.91 Å². The topological polar surface area (TPSA) is 66.4 Å². The monoisotopic (exact) mass is 333 g/mol. The van der Waals surface area contributed by atoms with Gasteiger partial charge in [0, 0.05) is 0 Å². The summed E-state index contributed by atoms with van der Waals surface area (Å²) >= 11 is 4.65. The van der Waals surface area contributed by atoms with Crippen LogP contribution in [0.4, 0.5) is 0 Å². The third kappa shape index (κ3) is 4.10. The van der Waals surface area contributed by atoms with Gasteiger partial charge in [0.05, 0.1) is 8.66 Å². The van der Waals surface area contributed by atoms with E-state index in [2.05, 4.69) is 21.2 Å². The van der Waals surface area contributed by atoms with Crippen molar-refractivity contribution in [3.8, 4) is 0 Å². The van der Waals surface area contributed by atoms with Crippen molar-refractivity contribution in [2.24, 2.45) is 5.92 Å². The van der Waals surface area contributed by atoms with Crippen molar-refractivity contribution in [3.63, 3.8) is 0 Å². The van der Waals surface area contributed by atoms with Crippen LogP contribution in [-0.4, -0.2) is 23.0 Å². The SMILES string of the molecule is Cc1cc(C(=O)N[C@H](CC(C)C)C(=O)O)sc1Br. The van der Waals surface area contributed by atoms with Crippen LogP contribution >= 0.6 is 27.3 Å². The standard InChI is InChI=1S/C12H16BrNO3S/c1-6(2)4-8(12(16)17)14-11(15)9-5-7(3)10(13)18-9/h5-6,8H,4H2,1-3H3,(H,14,15)(H,16,17)/t8-/m1/s1. The minimum atomic E-state index is -0.996. The summed E-state index contributed by atoms with van der Waals surface area (Å²) in [6.45, 7) is 5.74. The Balaban J connectivity index is 2.75. The van der Waals surface area contributed by atoms with Crippen LogP contribution in [0.25, 0.3) is 0 Å². The lowest BCUT2D eigenvalue weighted by Crippen LogP contribution is -2.41. The van der Waals surface area contributed by atoms with Crippen LogP contribution in [0.1, 0.15) is 35.5 Å². The summed E-state index contributed by atoms with van der Waals surface area (Å²) in [5, 5.41) is 11.6. The number of aliphatic carboxylic acids is 1. The number of carbonyl (C=O) groups is 2. The number of aryl methyl sites for hydroxylation is 1. The highest BCUT2D eigenvalue weighted by Crippen LogP contribution is 2.27. The highest BCUT2D eigenvalue weighted by molar-refractivity contribution is 9.11. The van der Waals surface area contributed by atoms with Gasteiger partial charge in [-0.3, -0.25) is 4.79 Å². The molecular weight excluding hydrogens is 318 g/mol. The lowest BCUT2D eigenvalue weighted by molar-refractivity contribution is -0.139. The summed E-state index contributed by atoms with van der Waals surface area (Å²) in [7, 11) is 0. The summed E-state index contributed by atoms with van der Waals surface area (Å²) in [4.78, 5) is 23.5. The van der Waals surface area contributed by atoms with Gasteiger partial charge in [-0.25, -0.2) is 4.79 Å². The molecule has 0 saturated carbocycles. The molecule has 0 radical (unpaired) electrons. The largest absolute Gasteiger partial charge is 0.480 e. The molecule has 1 amide bonds. The zero-order valence-electron chi connectivity index (χ0n) is 10.5. The predicted octanol–water partition coefficient (Wildman–Crippen LogP) is 3.05. The van der Waals surface area contributed by atoms with Crippen LogP contribution in [0.5, 0.6) is 0 Å². The Morgan fingerprint density at radius 2 is 2.11 bits per heavy atom. The highest BCUT2D eigenvalue weighted by atomic mass is 79.9. The smallest absolute Gasteiger partial charge is 0.326 e. The van der Waals surface area contributed by atoms with E-state index in [9.17, 15) is 9.59 Å². The van der Waals surface area contributed by atoms with Crippen LogP contribution in [-0.2, 0) is 4.79 Å². The minimum Gasteiger partial charge on any atom is -0.480 e. The number of nitrogens with one attached hydrogen (secondary N) is 1. The van der Waals surface area contributed by atoms with Crippen LogP contribution in [0.2, 0.25) is 0 Å². The molecule has 1 rings (SSSR count). The normalized spacial score (nSPS) is 12.5. The van der Waals surface area contributed by atoms with Gasteiger partial charge in [-0.05, 0) is 46.8 Å². The Hall–Kier alpha value is -0.880. The Bertz CT molecular complexity index is 437. The zero-order valence-corrected chi connectivity index (χ0v) is 12.9. The molecule has 1 aromatic heterocycles. The molecule has 0 aliphatic heterocycles. The van der Waals surface area contributed by atoms with Crippen molar-refractivity contribution in [2.45, 2.75) is 33.2 Å². The van der Waals surface area contributed by atoms with Crippen molar-refractivity contribution in [2.75, 3.05) is 0 Å². The molecule has 0 aliphatic rings. The fraction of sp³-hybridized carbons (Fsp3) is 0.500.